The van der Waals surface area contributed by atoms with Crippen molar-refractivity contribution in [2.24, 2.45) is 0 Å². The lowest BCUT2D eigenvalue weighted by Gasteiger charge is -2.11. The molecule has 2 aromatic rings. The highest BCUT2D eigenvalue weighted by atomic mass is 19.1. The second-order valence-electron chi connectivity index (χ2n) is 4.36. The largest absolute Gasteiger partial charge is 0.464 e. The number of nitrogens with two attached hydrogens (primary N) is 1. The number of benzene rings is 1. The van der Waals surface area contributed by atoms with Crippen LogP contribution in [0.3, 0.4) is 0 Å². The minimum Gasteiger partial charge on any atom is -0.464 e. The van der Waals surface area contributed by atoms with E-state index in [1.165, 1.54) is 6.92 Å². The number of esters is 1. The lowest BCUT2D eigenvalue weighted by molar-refractivity contribution is 0.0593. The second-order valence-corrected chi connectivity index (χ2v) is 4.36. The number of nitrogen functional groups attached to an aromatic ring is 1. The van der Waals surface area contributed by atoms with Gasteiger partial charge in [-0.2, -0.15) is 5.26 Å². The first-order chi connectivity index (χ1) is 9.90. The molecule has 0 amide bonds. The van der Waals surface area contributed by atoms with Crippen LogP contribution in [0.5, 0.6) is 0 Å². The number of rotatable bonds is 2. The van der Waals surface area contributed by atoms with Crippen LogP contribution >= 0.6 is 0 Å². The minimum atomic E-state index is -0.895. The smallest absolute Gasteiger partial charge is 0.357 e. The summed E-state index contributed by atoms with van der Waals surface area (Å²) in [5.74, 6) is -2.65. The Kier molecular flexibility index (Phi) is 3.63. The van der Waals surface area contributed by atoms with Crippen LogP contribution in [-0.2, 0) is 4.74 Å². The fourth-order valence-corrected chi connectivity index (χ4v) is 2.01. The van der Waals surface area contributed by atoms with Gasteiger partial charge in [-0.05, 0) is 24.6 Å². The summed E-state index contributed by atoms with van der Waals surface area (Å²) in [6.45, 7) is 1.53. The topological polar surface area (TPSA) is 81.0 Å². The van der Waals surface area contributed by atoms with Crippen LogP contribution in [0.15, 0.2) is 18.3 Å². The van der Waals surface area contributed by atoms with E-state index in [-0.39, 0.29) is 16.9 Å². The van der Waals surface area contributed by atoms with Gasteiger partial charge in [0.1, 0.15) is 23.4 Å². The maximum Gasteiger partial charge on any atom is 0.357 e. The number of nitrogens with zero attached hydrogens (tertiary/aromatic N) is 2. The molecule has 2 N–H and O–H groups in total. The van der Waals surface area contributed by atoms with E-state index in [9.17, 15) is 13.6 Å². The van der Waals surface area contributed by atoms with Gasteiger partial charge in [0.15, 0.2) is 5.69 Å². The maximum absolute atomic E-state index is 14.1. The first-order valence-corrected chi connectivity index (χ1v) is 5.86. The lowest BCUT2D eigenvalue weighted by Crippen LogP contribution is -2.13. The summed E-state index contributed by atoms with van der Waals surface area (Å²) in [6.07, 6.45) is 1.10. The molecular weight excluding hydrogens is 280 g/mol. The van der Waals surface area contributed by atoms with Crippen LogP contribution in [-0.4, -0.2) is 17.6 Å². The zero-order chi connectivity index (χ0) is 15.7. The van der Waals surface area contributed by atoms with Gasteiger partial charge < -0.3 is 15.0 Å². The fraction of sp³-hybridized carbons (Fsp3) is 0.143. The Balaban J connectivity index is 2.82. The number of hydrogen-bond donors (Lipinski definition) is 1. The van der Waals surface area contributed by atoms with Crippen molar-refractivity contribution in [2.45, 2.75) is 6.92 Å². The first kappa shape index (κ1) is 14.5. The zero-order valence-electron chi connectivity index (χ0n) is 11.3. The second kappa shape index (κ2) is 5.25. The van der Waals surface area contributed by atoms with Crippen LogP contribution in [0, 0.1) is 29.9 Å². The number of aryl methyl sites for hydroxylation is 1. The number of carbonyl (C=O) groups excluding carboxylic acids is 1. The standard InChI is InChI=1S/C14H11F2N3O2/c1-7-3-9(15)12(10(16)4-7)19-6-8(5-17)11(18)13(19)14(20)21-2/h3-4,6H,18H2,1-2H3. The van der Waals surface area contributed by atoms with E-state index in [0.717, 1.165) is 30.0 Å². The van der Waals surface area contributed by atoms with Gasteiger partial charge in [0.25, 0.3) is 0 Å². The Morgan fingerprint density at radius 3 is 2.43 bits per heavy atom. The van der Waals surface area contributed by atoms with Gasteiger partial charge in [-0.3, -0.25) is 0 Å². The molecule has 0 spiro atoms. The summed E-state index contributed by atoms with van der Waals surface area (Å²) < 4.78 is 33.5. The van der Waals surface area contributed by atoms with E-state index in [1.807, 2.05) is 0 Å². The number of carbonyl (C=O) groups is 1. The van der Waals surface area contributed by atoms with Gasteiger partial charge in [0.05, 0.1) is 18.4 Å². The molecule has 0 radical (unpaired) electrons. The predicted octanol–water partition coefficient (Wildman–Crippen LogP) is 2.30. The molecule has 1 heterocycles. The zero-order valence-corrected chi connectivity index (χ0v) is 11.3. The van der Waals surface area contributed by atoms with Gasteiger partial charge >= 0.3 is 5.97 Å². The molecule has 1 aromatic carbocycles. The summed E-state index contributed by atoms with van der Waals surface area (Å²) in [7, 11) is 1.10. The Hall–Kier alpha value is -2.88. The van der Waals surface area contributed by atoms with E-state index in [1.54, 1.807) is 6.07 Å². The van der Waals surface area contributed by atoms with Gasteiger partial charge in [-0.25, -0.2) is 13.6 Å². The molecule has 0 saturated heterocycles. The van der Waals surface area contributed by atoms with E-state index < -0.39 is 23.3 Å². The van der Waals surface area contributed by atoms with Crippen molar-refractivity contribution in [2.75, 3.05) is 12.8 Å². The Morgan fingerprint density at radius 1 is 1.38 bits per heavy atom. The first-order valence-electron chi connectivity index (χ1n) is 5.86. The summed E-state index contributed by atoms with van der Waals surface area (Å²) in [5.41, 5.74) is 5.00. The molecule has 2 rings (SSSR count). The molecular formula is C14H11F2N3O2. The van der Waals surface area contributed by atoms with E-state index in [4.69, 9.17) is 11.0 Å². The summed E-state index contributed by atoms with van der Waals surface area (Å²) in [4.78, 5) is 11.8. The SMILES string of the molecule is COC(=O)c1c(N)c(C#N)cn1-c1c(F)cc(C)cc1F. The van der Waals surface area contributed by atoms with E-state index in [2.05, 4.69) is 4.74 Å². The molecule has 0 aliphatic heterocycles. The third-order valence-corrected chi connectivity index (χ3v) is 2.95. The van der Waals surface area contributed by atoms with Crippen LogP contribution in [0.2, 0.25) is 0 Å². The van der Waals surface area contributed by atoms with Crippen molar-refractivity contribution in [1.29, 1.82) is 5.26 Å². The average molecular weight is 291 g/mol. The monoisotopic (exact) mass is 291 g/mol. The van der Waals surface area contributed by atoms with Gasteiger partial charge in [-0.1, -0.05) is 0 Å². The van der Waals surface area contributed by atoms with Crippen molar-refractivity contribution in [3.05, 3.63) is 46.8 Å². The molecule has 0 aliphatic rings. The number of anilines is 1. The number of halogens is 2. The number of nitriles is 1. The molecule has 21 heavy (non-hydrogen) atoms. The fourth-order valence-electron chi connectivity index (χ4n) is 2.01. The van der Waals surface area contributed by atoms with Crippen LogP contribution in [0.25, 0.3) is 5.69 Å². The van der Waals surface area contributed by atoms with Gasteiger partial charge in [0.2, 0.25) is 0 Å². The van der Waals surface area contributed by atoms with Crippen molar-refractivity contribution in [1.82, 2.24) is 4.57 Å². The maximum atomic E-state index is 14.1. The average Bonchev–Trinajstić information content (AvgIpc) is 2.73. The highest BCUT2D eigenvalue weighted by molar-refractivity contribution is 5.96. The number of methoxy groups -OCH3 is 1. The number of aromatic nitrogens is 1. The quantitative estimate of drug-likeness (QED) is 0.861. The molecule has 0 aliphatic carbocycles. The van der Waals surface area contributed by atoms with Crippen molar-refractivity contribution >= 4 is 11.7 Å². The van der Waals surface area contributed by atoms with Crippen molar-refractivity contribution < 1.29 is 18.3 Å². The van der Waals surface area contributed by atoms with Crippen LogP contribution in [0.4, 0.5) is 14.5 Å². The summed E-state index contributed by atoms with van der Waals surface area (Å²) in [5, 5.41) is 8.96. The molecule has 0 saturated carbocycles. The Labute approximate surface area is 119 Å². The minimum absolute atomic E-state index is 0.0743. The third kappa shape index (κ3) is 2.31. The molecule has 1 aromatic heterocycles. The normalized spacial score (nSPS) is 10.2. The summed E-state index contributed by atoms with van der Waals surface area (Å²) in [6, 6.07) is 3.98. The highest BCUT2D eigenvalue weighted by Crippen LogP contribution is 2.28. The van der Waals surface area contributed by atoms with Crippen molar-refractivity contribution in [3.8, 4) is 11.8 Å². The molecule has 0 unspecified atom stereocenters. The highest BCUT2D eigenvalue weighted by Gasteiger charge is 2.25. The molecule has 5 nitrogen and oxygen atoms in total. The predicted molar refractivity (Wildman–Crippen MR) is 70.9 cm³/mol. The number of hydrogen-bond acceptors (Lipinski definition) is 4. The molecule has 108 valence electrons. The molecule has 0 bridgehead atoms. The van der Waals surface area contributed by atoms with Crippen molar-refractivity contribution in [3.63, 3.8) is 0 Å². The third-order valence-electron chi connectivity index (χ3n) is 2.95. The molecule has 0 fully saturated rings. The van der Waals surface area contributed by atoms with Gasteiger partial charge in [-0.15, -0.1) is 0 Å². The van der Waals surface area contributed by atoms with Crippen LogP contribution < -0.4 is 5.73 Å². The Morgan fingerprint density at radius 2 is 1.95 bits per heavy atom. The number of ether oxygens (including phenoxy) is 1. The van der Waals surface area contributed by atoms with Crippen LogP contribution in [0.1, 0.15) is 21.6 Å². The Bertz CT molecular complexity index is 752. The van der Waals surface area contributed by atoms with E-state index >= 15 is 0 Å². The van der Waals surface area contributed by atoms with E-state index in [0.29, 0.717) is 5.56 Å². The van der Waals surface area contributed by atoms with Gasteiger partial charge in [0, 0.05) is 6.20 Å². The molecule has 7 heteroatoms. The molecule has 0 atom stereocenters. The summed E-state index contributed by atoms with van der Waals surface area (Å²) >= 11 is 0. The lowest BCUT2D eigenvalue weighted by atomic mass is 10.2.